The highest BCUT2D eigenvalue weighted by Crippen LogP contribution is 2.25. The van der Waals surface area contributed by atoms with Crippen molar-refractivity contribution in [2.24, 2.45) is 11.8 Å². The molecule has 2 heterocycles. The maximum Gasteiger partial charge on any atom is 0.422 e. The third kappa shape index (κ3) is 4.59. The summed E-state index contributed by atoms with van der Waals surface area (Å²) in [5.41, 5.74) is -0.0318. The number of likely N-dealkylation sites (tertiary alicyclic amines) is 1. The number of rotatable bonds is 4. The van der Waals surface area contributed by atoms with Gasteiger partial charge in [0.2, 0.25) is 5.88 Å². The number of piperidine rings is 1. The van der Waals surface area contributed by atoms with Crippen molar-refractivity contribution in [3.05, 3.63) is 23.9 Å². The number of hydrogen-bond acceptors (Lipinski definition) is 4. The van der Waals surface area contributed by atoms with E-state index in [2.05, 4.69) is 9.72 Å². The van der Waals surface area contributed by atoms with Crippen molar-refractivity contribution in [2.75, 3.05) is 19.7 Å². The second kappa shape index (κ2) is 7.06. The number of alkyl halides is 3. The second-order valence-electron chi connectivity index (χ2n) is 5.73. The van der Waals surface area contributed by atoms with Crippen LogP contribution in [0.2, 0.25) is 0 Å². The largest absolute Gasteiger partial charge is 0.481 e. The summed E-state index contributed by atoms with van der Waals surface area (Å²) in [6.07, 6.45) is -4.16. The molecule has 0 aromatic carbocycles. The highest BCUT2D eigenvalue weighted by atomic mass is 19.4. The maximum atomic E-state index is 12.4. The van der Waals surface area contributed by atoms with Crippen LogP contribution in [0.3, 0.4) is 0 Å². The van der Waals surface area contributed by atoms with Crippen LogP contribution in [0.5, 0.6) is 5.88 Å². The zero-order valence-corrected chi connectivity index (χ0v) is 12.9. The highest BCUT2D eigenvalue weighted by molar-refractivity contribution is 5.92. The van der Waals surface area contributed by atoms with E-state index < -0.39 is 30.6 Å². The Morgan fingerprint density at radius 1 is 1.42 bits per heavy atom. The molecule has 0 radical (unpaired) electrons. The number of carbonyl (C=O) groups excluding carboxylic acids is 1. The molecule has 1 aromatic heterocycles. The zero-order chi connectivity index (χ0) is 17.9. The Kier molecular flexibility index (Phi) is 5.30. The van der Waals surface area contributed by atoms with E-state index in [0.717, 1.165) is 0 Å². The minimum absolute atomic E-state index is 0.0318. The summed E-state index contributed by atoms with van der Waals surface area (Å²) in [5, 5.41) is 9.09. The fraction of sp³-hybridized carbons (Fsp3) is 0.533. The molecule has 2 unspecified atom stereocenters. The molecule has 24 heavy (non-hydrogen) atoms. The van der Waals surface area contributed by atoms with Gasteiger partial charge in [0, 0.05) is 19.2 Å². The molecule has 9 heteroatoms. The van der Waals surface area contributed by atoms with Gasteiger partial charge in [-0.1, -0.05) is 13.0 Å². The van der Waals surface area contributed by atoms with E-state index in [-0.39, 0.29) is 30.6 Å². The SMILES string of the molecule is CC1CN(C(=O)c2cccc(OCC(F)(F)F)n2)CCC1C(=O)O. The van der Waals surface area contributed by atoms with Crippen LogP contribution in [-0.4, -0.2) is 52.7 Å². The number of carbonyl (C=O) groups is 2. The molecule has 0 bridgehead atoms. The van der Waals surface area contributed by atoms with Gasteiger partial charge in [0.25, 0.3) is 5.91 Å². The monoisotopic (exact) mass is 346 g/mol. The van der Waals surface area contributed by atoms with Crippen molar-refractivity contribution in [3.8, 4) is 5.88 Å². The van der Waals surface area contributed by atoms with E-state index in [1.54, 1.807) is 6.92 Å². The van der Waals surface area contributed by atoms with Crippen LogP contribution < -0.4 is 4.74 Å². The van der Waals surface area contributed by atoms with Crippen LogP contribution in [0.15, 0.2) is 18.2 Å². The Hall–Kier alpha value is -2.32. The van der Waals surface area contributed by atoms with Crippen LogP contribution in [0.25, 0.3) is 0 Å². The summed E-state index contributed by atoms with van der Waals surface area (Å²) >= 11 is 0. The van der Waals surface area contributed by atoms with Crippen molar-refractivity contribution < 1.29 is 32.6 Å². The molecule has 1 aromatic rings. The first-order valence-electron chi connectivity index (χ1n) is 7.36. The van der Waals surface area contributed by atoms with Gasteiger partial charge in [-0.2, -0.15) is 13.2 Å². The Morgan fingerprint density at radius 3 is 2.71 bits per heavy atom. The molecule has 0 aliphatic carbocycles. The molecule has 6 nitrogen and oxygen atoms in total. The average Bonchev–Trinajstić information content (AvgIpc) is 2.51. The molecule has 1 aliphatic rings. The molecule has 1 amide bonds. The molecule has 2 rings (SSSR count). The normalized spacial score (nSPS) is 21.4. The maximum absolute atomic E-state index is 12.4. The molecule has 2 atom stereocenters. The predicted octanol–water partition coefficient (Wildman–Crippen LogP) is 2.21. The number of nitrogens with zero attached hydrogens (tertiary/aromatic N) is 2. The topological polar surface area (TPSA) is 79.7 Å². The number of carboxylic acid groups (broad SMARTS) is 1. The fourth-order valence-electron chi connectivity index (χ4n) is 2.63. The Bertz CT molecular complexity index is 621. The second-order valence-corrected chi connectivity index (χ2v) is 5.73. The van der Waals surface area contributed by atoms with E-state index in [9.17, 15) is 22.8 Å². The lowest BCUT2D eigenvalue weighted by atomic mass is 9.87. The van der Waals surface area contributed by atoms with Gasteiger partial charge < -0.3 is 14.7 Å². The van der Waals surface area contributed by atoms with E-state index in [0.29, 0.717) is 6.42 Å². The van der Waals surface area contributed by atoms with Crippen LogP contribution in [0.4, 0.5) is 13.2 Å². The fourth-order valence-corrected chi connectivity index (χ4v) is 2.63. The van der Waals surface area contributed by atoms with Gasteiger partial charge in [-0.05, 0) is 18.4 Å². The van der Waals surface area contributed by atoms with E-state index in [4.69, 9.17) is 5.11 Å². The van der Waals surface area contributed by atoms with Gasteiger partial charge in [0.1, 0.15) is 5.69 Å². The van der Waals surface area contributed by atoms with Gasteiger partial charge in [-0.3, -0.25) is 9.59 Å². The third-order valence-corrected chi connectivity index (χ3v) is 3.84. The first kappa shape index (κ1) is 18.0. The molecular weight excluding hydrogens is 329 g/mol. The number of hydrogen-bond donors (Lipinski definition) is 1. The number of ether oxygens (including phenoxy) is 1. The van der Waals surface area contributed by atoms with Gasteiger partial charge >= 0.3 is 12.1 Å². The summed E-state index contributed by atoms with van der Waals surface area (Å²) in [6, 6.07) is 4.01. The quantitative estimate of drug-likeness (QED) is 0.904. The van der Waals surface area contributed by atoms with Crippen molar-refractivity contribution in [1.29, 1.82) is 0 Å². The van der Waals surface area contributed by atoms with E-state index in [1.165, 1.54) is 23.1 Å². The van der Waals surface area contributed by atoms with Crippen LogP contribution in [-0.2, 0) is 4.79 Å². The molecule has 1 aliphatic heterocycles. The average molecular weight is 346 g/mol. The lowest BCUT2D eigenvalue weighted by Gasteiger charge is -2.34. The number of carboxylic acids is 1. The third-order valence-electron chi connectivity index (χ3n) is 3.84. The van der Waals surface area contributed by atoms with E-state index in [1.807, 2.05) is 0 Å². The minimum atomic E-state index is -4.49. The standard InChI is InChI=1S/C15H17F3N2O4/c1-9-7-20(6-5-10(9)14(22)23)13(21)11-3-2-4-12(19-11)24-8-15(16,17)18/h2-4,9-10H,5-8H2,1H3,(H,22,23). The molecule has 0 saturated carbocycles. The smallest absolute Gasteiger partial charge is 0.422 e. The number of amides is 1. The number of aliphatic carboxylic acids is 1. The summed E-state index contributed by atoms with van der Waals surface area (Å²) in [7, 11) is 0. The summed E-state index contributed by atoms with van der Waals surface area (Å²) in [5.74, 6) is -2.36. The molecule has 1 N–H and O–H groups in total. The minimum Gasteiger partial charge on any atom is -0.481 e. The van der Waals surface area contributed by atoms with E-state index >= 15 is 0 Å². The Morgan fingerprint density at radius 2 is 2.12 bits per heavy atom. The highest BCUT2D eigenvalue weighted by Gasteiger charge is 2.34. The van der Waals surface area contributed by atoms with Crippen LogP contribution in [0, 0.1) is 11.8 Å². The van der Waals surface area contributed by atoms with Crippen molar-refractivity contribution in [2.45, 2.75) is 19.5 Å². The number of halogens is 3. The number of pyridine rings is 1. The molecule has 132 valence electrons. The lowest BCUT2D eigenvalue weighted by Crippen LogP contribution is -2.45. The van der Waals surface area contributed by atoms with Crippen LogP contribution >= 0.6 is 0 Å². The summed E-state index contributed by atoms with van der Waals surface area (Å²) in [4.78, 5) is 28.8. The predicted molar refractivity (Wildman–Crippen MR) is 76.6 cm³/mol. The first-order chi connectivity index (χ1) is 11.2. The molecule has 1 saturated heterocycles. The molecular formula is C15H17F3N2O4. The van der Waals surface area contributed by atoms with Gasteiger partial charge in [0.15, 0.2) is 6.61 Å². The van der Waals surface area contributed by atoms with Crippen LogP contribution in [0.1, 0.15) is 23.8 Å². The van der Waals surface area contributed by atoms with Gasteiger partial charge in [-0.15, -0.1) is 0 Å². The van der Waals surface area contributed by atoms with Gasteiger partial charge in [-0.25, -0.2) is 4.98 Å². The Labute approximate surface area is 136 Å². The first-order valence-corrected chi connectivity index (χ1v) is 7.36. The number of aromatic nitrogens is 1. The van der Waals surface area contributed by atoms with Gasteiger partial charge in [0.05, 0.1) is 5.92 Å². The summed E-state index contributed by atoms with van der Waals surface area (Å²) in [6.45, 7) is 0.772. The lowest BCUT2D eigenvalue weighted by molar-refractivity contribution is -0.154. The van der Waals surface area contributed by atoms with Crippen molar-refractivity contribution in [3.63, 3.8) is 0 Å². The zero-order valence-electron chi connectivity index (χ0n) is 12.9. The summed E-state index contributed by atoms with van der Waals surface area (Å²) < 4.78 is 41.0. The molecule has 1 fully saturated rings. The van der Waals surface area contributed by atoms with Crippen molar-refractivity contribution in [1.82, 2.24) is 9.88 Å². The van der Waals surface area contributed by atoms with Crippen molar-refractivity contribution >= 4 is 11.9 Å². The Balaban J connectivity index is 2.04. The molecule has 0 spiro atoms.